The molecule has 1 rings (SSSR count). The second kappa shape index (κ2) is 4.98. The molecule has 0 N–H and O–H groups in total. The maximum atomic E-state index is 11.1. The summed E-state index contributed by atoms with van der Waals surface area (Å²) in [6.45, 7) is 4.12. The Morgan fingerprint density at radius 2 is 2.46 bits per heavy atom. The zero-order valence-electron chi connectivity index (χ0n) is 8.05. The average molecular weight is 294 g/mol. The molecule has 74 valence electrons. The van der Waals surface area contributed by atoms with Gasteiger partial charge < -0.3 is 4.74 Å². The topological polar surface area (TPSA) is 26.3 Å². The molecule has 0 aliphatic carbocycles. The van der Waals surface area contributed by atoms with Gasteiger partial charge in [0.2, 0.25) is 0 Å². The Labute approximate surface area is 92.9 Å². The number of hydrogen-bond acceptors (Lipinski definition) is 2. The first-order valence-corrected chi connectivity index (χ1v) is 5.78. The first-order chi connectivity index (χ1) is 6.19. The third-order valence-corrected chi connectivity index (χ3v) is 3.56. The fraction of sp³-hybridized carbons (Fsp3) is 0.700. The van der Waals surface area contributed by atoms with Crippen molar-refractivity contribution in [2.24, 2.45) is 5.92 Å². The van der Waals surface area contributed by atoms with Crippen LogP contribution in [0.4, 0.5) is 0 Å². The molecule has 2 atom stereocenters. The Balaban J connectivity index is 2.65. The number of carbonyl (C=O) groups is 1. The van der Waals surface area contributed by atoms with E-state index in [2.05, 4.69) is 29.5 Å². The van der Waals surface area contributed by atoms with E-state index >= 15 is 0 Å². The smallest absolute Gasteiger partial charge is 0.306 e. The highest BCUT2D eigenvalue weighted by Gasteiger charge is 2.35. The molecule has 0 bridgehead atoms. The molecule has 1 fully saturated rings. The summed E-state index contributed by atoms with van der Waals surface area (Å²) < 4.78 is 6.42. The second-order valence-electron chi connectivity index (χ2n) is 3.34. The molecule has 3 heteroatoms. The summed E-state index contributed by atoms with van der Waals surface area (Å²) in [6, 6.07) is 0. The van der Waals surface area contributed by atoms with Crippen molar-refractivity contribution in [1.29, 1.82) is 0 Å². The van der Waals surface area contributed by atoms with Gasteiger partial charge in [-0.1, -0.05) is 19.4 Å². The van der Waals surface area contributed by atoms with E-state index in [1.54, 1.807) is 0 Å². The molecule has 0 amide bonds. The normalized spacial score (nSPS) is 29.2. The lowest BCUT2D eigenvalue weighted by Gasteiger charge is -2.15. The predicted molar refractivity (Wildman–Crippen MR) is 60.7 cm³/mol. The van der Waals surface area contributed by atoms with Gasteiger partial charge in [0.25, 0.3) is 0 Å². The minimum atomic E-state index is -0.0422. The molecule has 1 aliphatic rings. The number of rotatable bonds is 3. The number of halogens is 1. The zero-order valence-corrected chi connectivity index (χ0v) is 10.2. The summed E-state index contributed by atoms with van der Waals surface area (Å²) in [7, 11) is 0. The van der Waals surface area contributed by atoms with Crippen LogP contribution in [0.25, 0.3) is 0 Å². The predicted octanol–water partition coefficient (Wildman–Crippen LogP) is 3.06. The SMILES string of the molecule is C/C=C(\I)[C@@H]1OC(=O)C[C@H]1CCC. The Morgan fingerprint density at radius 1 is 1.77 bits per heavy atom. The molecule has 2 nitrogen and oxygen atoms in total. The van der Waals surface area contributed by atoms with E-state index in [0.29, 0.717) is 12.3 Å². The van der Waals surface area contributed by atoms with Crippen LogP contribution in [-0.2, 0) is 9.53 Å². The molecule has 0 aromatic carbocycles. The van der Waals surface area contributed by atoms with E-state index in [-0.39, 0.29) is 12.1 Å². The first-order valence-electron chi connectivity index (χ1n) is 4.70. The fourth-order valence-electron chi connectivity index (χ4n) is 1.68. The minimum Gasteiger partial charge on any atom is -0.457 e. The Kier molecular flexibility index (Phi) is 4.22. The highest BCUT2D eigenvalue weighted by molar-refractivity contribution is 14.1. The lowest BCUT2D eigenvalue weighted by Crippen LogP contribution is -2.15. The molecular weight excluding hydrogens is 279 g/mol. The standard InChI is InChI=1S/C10H15IO2/c1-3-5-7-6-9(12)13-10(7)8(11)4-2/h4,7,10H,3,5-6H2,1-2H3/b8-4-/t7-,10-/m1/s1. The van der Waals surface area contributed by atoms with Gasteiger partial charge in [0.05, 0.1) is 6.42 Å². The molecule has 0 aromatic heterocycles. The summed E-state index contributed by atoms with van der Waals surface area (Å²) in [5.74, 6) is 0.361. The average Bonchev–Trinajstić information content (AvgIpc) is 2.46. The molecule has 0 spiro atoms. The number of carbonyl (C=O) groups excluding carboxylic acids is 1. The zero-order chi connectivity index (χ0) is 9.84. The molecule has 0 saturated carbocycles. The van der Waals surface area contributed by atoms with Gasteiger partial charge in [-0.15, -0.1) is 0 Å². The summed E-state index contributed by atoms with van der Waals surface area (Å²) in [4.78, 5) is 11.1. The first kappa shape index (κ1) is 11.0. The number of cyclic esters (lactones) is 1. The molecule has 0 unspecified atom stereocenters. The molecule has 0 aromatic rings. The van der Waals surface area contributed by atoms with Crippen LogP contribution in [0, 0.1) is 5.92 Å². The minimum absolute atomic E-state index is 0.0399. The van der Waals surface area contributed by atoms with E-state index in [0.717, 1.165) is 16.4 Å². The summed E-state index contributed by atoms with van der Waals surface area (Å²) in [5.41, 5.74) is 0. The van der Waals surface area contributed by atoms with E-state index < -0.39 is 0 Å². The van der Waals surface area contributed by atoms with Gasteiger partial charge in [0.15, 0.2) is 0 Å². The maximum absolute atomic E-state index is 11.1. The largest absolute Gasteiger partial charge is 0.457 e. The Hall–Kier alpha value is -0.0600. The third-order valence-electron chi connectivity index (χ3n) is 2.32. The molecule has 1 saturated heterocycles. The molecule has 13 heavy (non-hydrogen) atoms. The highest BCUT2D eigenvalue weighted by atomic mass is 127. The van der Waals surface area contributed by atoms with Crippen molar-refractivity contribution in [2.75, 3.05) is 0 Å². The van der Waals surface area contributed by atoms with Crippen molar-refractivity contribution in [2.45, 2.75) is 39.2 Å². The van der Waals surface area contributed by atoms with E-state index in [1.807, 2.05) is 13.0 Å². The van der Waals surface area contributed by atoms with Gasteiger partial charge in [-0.3, -0.25) is 4.79 Å². The summed E-state index contributed by atoms with van der Waals surface area (Å²) >= 11 is 2.26. The van der Waals surface area contributed by atoms with Crippen molar-refractivity contribution in [3.8, 4) is 0 Å². The van der Waals surface area contributed by atoms with Gasteiger partial charge in [0.1, 0.15) is 6.10 Å². The van der Waals surface area contributed by atoms with Crippen LogP contribution in [-0.4, -0.2) is 12.1 Å². The molecule has 1 aliphatic heterocycles. The van der Waals surface area contributed by atoms with Gasteiger partial charge in [-0.25, -0.2) is 0 Å². The van der Waals surface area contributed by atoms with Crippen LogP contribution in [0.5, 0.6) is 0 Å². The molecular formula is C10H15IO2. The van der Waals surface area contributed by atoms with Crippen LogP contribution in [0.3, 0.4) is 0 Å². The number of hydrogen-bond donors (Lipinski definition) is 0. The van der Waals surface area contributed by atoms with Crippen molar-refractivity contribution in [3.05, 3.63) is 9.66 Å². The quantitative estimate of drug-likeness (QED) is 0.590. The molecule has 0 radical (unpaired) electrons. The van der Waals surface area contributed by atoms with Crippen molar-refractivity contribution in [3.63, 3.8) is 0 Å². The van der Waals surface area contributed by atoms with Gasteiger partial charge in [-0.05, 0) is 35.9 Å². The number of ether oxygens (including phenoxy) is 1. The van der Waals surface area contributed by atoms with Gasteiger partial charge in [0, 0.05) is 9.50 Å². The maximum Gasteiger partial charge on any atom is 0.306 e. The monoisotopic (exact) mass is 294 g/mol. The van der Waals surface area contributed by atoms with Crippen molar-refractivity contribution in [1.82, 2.24) is 0 Å². The summed E-state index contributed by atoms with van der Waals surface area (Å²) in [6.07, 6.45) is 4.85. The van der Waals surface area contributed by atoms with Crippen LogP contribution in [0.15, 0.2) is 9.66 Å². The van der Waals surface area contributed by atoms with E-state index in [4.69, 9.17) is 4.74 Å². The van der Waals surface area contributed by atoms with Crippen LogP contribution < -0.4 is 0 Å². The lowest BCUT2D eigenvalue weighted by molar-refractivity contribution is -0.140. The van der Waals surface area contributed by atoms with Crippen LogP contribution >= 0.6 is 22.6 Å². The van der Waals surface area contributed by atoms with Crippen LogP contribution in [0.1, 0.15) is 33.1 Å². The molecule has 1 heterocycles. The van der Waals surface area contributed by atoms with Gasteiger partial charge >= 0.3 is 5.97 Å². The fourth-order valence-corrected chi connectivity index (χ4v) is 2.31. The van der Waals surface area contributed by atoms with E-state index in [9.17, 15) is 4.79 Å². The van der Waals surface area contributed by atoms with E-state index in [1.165, 1.54) is 0 Å². The van der Waals surface area contributed by atoms with Crippen molar-refractivity contribution >= 4 is 28.6 Å². The second-order valence-corrected chi connectivity index (χ2v) is 4.58. The highest BCUT2D eigenvalue weighted by Crippen LogP contribution is 2.33. The van der Waals surface area contributed by atoms with Crippen molar-refractivity contribution < 1.29 is 9.53 Å². The number of allylic oxidation sites excluding steroid dienone is 1. The Morgan fingerprint density at radius 3 is 3.00 bits per heavy atom. The van der Waals surface area contributed by atoms with Crippen LogP contribution in [0.2, 0.25) is 0 Å². The summed E-state index contributed by atoms with van der Waals surface area (Å²) in [5, 5.41) is 0. The Bertz CT molecular complexity index is 223. The lowest BCUT2D eigenvalue weighted by atomic mass is 9.96. The third kappa shape index (κ3) is 2.69. The van der Waals surface area contributed by atoms with Gasteiger partial charge in [-0.2, -0.15) is 0 Å². The number of esters is 1.